The van der Waals surface area contributed by atoms with Crippen molar-refractivity contribution in [2.45, 2.75) is 51.8 Å². The molecule has 1 aromatic rings. The van der Waals surface area contributed by atoms with Gasteiger partial charge in [-0.05, 0) is 38.0 Å². The molecule has 0 radical (unpaired) electrons. The molecule has 0 saturated carbocycles. The largest absolute Gasteiger partial charge is 0.374 e. The molecule has 1 unspecified atom stereocenters. The van der Waals surface area contributed by atoms with E-state index in [9.17, 15) is 4.79 Å². The van der Waals surface area contributed by atoms with Crippen LogP contribution < -0.4 is 5.32 Å². The Morgan fingerprint density at radius 2 is 2.04 bits per heavy atom. The predicted molar refractivity (Wildman–Crippen MR) is 106 cm³/mol. The average molecular weight is 381 g/mol. The highest BCUT2D eigenvalue weighted by Crippen LogP contribution is 2.17. The van der Waals surface area contributed by atoms with E-state index in [-0.39, 0.29) is 12.0 Å². The average Bonchev–Trinajstić information content (AvgIpc) is 2.58. The van der Waals surface area contributed by atoms with Crippen molar-refractivity contribution >= 4 is 17.7 Å². The number of thioether (sulfide) groups is 1. The molecule has 2 rings (SSSR count). The summed E-state index contributed by atoms with van der Waals surface area (Å²) < 4.78 is 5.79. The van der Waals surface area contributed by atoms with E-state index >= 15 is 0 Å². The van der Waals surface area contributed by atoms with Crippen molar-refractivity contribution in [3.05, 3.63) is 17.0 Å². The number of aryl methyl sites for hydroxylation is 2. The highest BCUT2D eigenvalue weighted by atomic mass is 32.2. The SMILES string of the molecule is CSc1nc(C)c(CCC(=O)NCC2CN(CC(C)C)CCO2)c(C)n1. The Hall–Kier alpha value is -1.18. The number of aromatic nitrogens is 2. The van der Waals surface area contributed by atoms with Gasteiger partial charge < -0.3 is 10.1 Å². The zero-order valence-electron chi connectivity index (χ0n) is 16.7. The number of ether oxygens (including phenoxy) is 1. The minimum Gasteiger partial charge on any atom is -0.374 e. The van der Waals surface area contributed by atoms with Crippen LogP contribution in [0.25, 0.3) is 0 Å². The minimum absolute atomic E-state index is 0.0577. The molecule has 0 aliphatic carbocycles. The molecule has 0 aromatic carbocycles. The van der Waals surface area contributed by atoms with E-state index in [0.717, 1.165) is 48.3 Å². The van der Waals surface area contributed by atoms with Crippen molar-refractivity contribution < 1.29 is 9.53 Å². The molecule has 1 aromatic heterocycles. The van der Waals surface area contributed by atoms with Gasteiger partial charge in [-0.2, -0.15) is 0 Å². The monoisotopic (exact) mass is 380 g/mol. The maximum Gasteiger partial charge on any atom is 0.220 e. The lowest BCUT2D eigenvalue weighted by molar-refractivity contribution is -0.122. The Morgan fingerprint density at radius 1 is 1.35 bits per heavy atom. The number of morpholine rings is 1. The summed E-state index contributed by atoms with van der Waals surface area (Å²) in [6, 6.07) is 0. The Morgan fingerprint density at radius 3 is 2.65 bits per heavy atom. The molecule has 0 spiro atoms. The molecule has 7 heteroatoms. The highest BCUT2D eigenvalue weighted by molar-refractivity contribution is 7.98. The van der Waals surface area contributed by atoms with Crippen molar-refractivity contribution in [2.75, 3.05) is 39.0 Å². The normalized spacial score (nSPS) is 18.3. The van der Waals surface area contributed by atoms with Gasteiger partial charge in [0.1, 0.15) is 0 Å². The van der Waals surface area contributed by atoms with Gasteiger partial charge in [-0.15, -0.1) is 0 Å². The lowest BCUT2D eigenvalue weighted by atomic mass is 10.1. The molecule has 6 nitrogen and oxygen atoms in total. The molecule has 1 atom stereocenters. The first-order chi connectivity index (χ1) is 12.4. The van der Waals surface area contributed by atoms with Gasteiger partial charge in [0.25, 0.3) is 0 Å². The summed E-state index contributed by atoms with van der Waals surface area (Å²) in [5.74, 6) is 0.705. The zero-order valence-corrected chi connectivity index (χ0v) is 17.5. The highest BCUT2D eigenvalue weighted by Gasteiger charge is 2.21. The van der Waals surface area contributed by atoms with Gasteiger partial charge in [-0.1, -0.05) is 25.6 Å². The van der Waals surface area contributed by atoms with Gasteiger partial charge >= 0.3 is 0 Å². The van der Waals surface area contributed by atoms with Crippen molar-refractivity contribution in [1.29, 1.82) is 0 Å². The Balaban J connectivity index is 1.77. The van der Waals surface area contributed by atoms with Crippen LogP contribution in [0.5, 0.6) is 0 Å². The fourth-order valence-electron chi connectivity index (χ4n) is 3.30. The number of carbonyl (C=O) groups excluding carboxylic acids is 1. The fourth-order valence-corrected chi connectivity index (χ4v) is 3.76. The van der Waals surface area contributed by atoms with E-state index in [2.05, 4.69) is 34.0 Å². The van der Waals surface area contributed by atoms with E-state index in [1.807, 2.05) is 20.1 Å². The third kappa shape index (κ3) is 6.52. The molecule has 1 aliphatic heterocycles. The third-order valence-electron chi connectivity index (χ3n) is 4.56. The Labute approximate surface area is 161 Å². The number of nitrogens with one attached hydrogen (secondary N) is 1. The maximum absolute atomic E-state index is 12.2. The molecule has 146 valence electrons. The van der Waals surface area contributed by atoms with Gasteiger partial charge in [0, 0.05) is 44.0 Å². The molecule has 1 saturated heterocycles. The van der Waals surface area contributed by atoms with Crippen LogP contribution in [-0.4, -0.2) is 65.9 Å². The number of nitrogens with zero attached hydrogens (tertiary/aromatic N) is 3. The van der Waals surface area contributed by atoms with E-state index in [0.29, 0.717) is 25.3 Å². The topological polar surface area (TPSA) is 67.4 Å². The number of rotatable bonds is 8. The van der Waals surface area contributed by atoms with Crippen LogP contribution in [0.2, 0.25) is 0 Å². The van der Waals surface area contributed by atoms with Gasteiger partial charge in [-0.3, -0.25) is 9.69 Å². The smallest absolute Gasteiger partial charge is 0.220 e. The van der Waals surface area contributed by atoms with E-state index in [1.165, 1.54) is 11.8 Å². The van der Waals surface area contributed by atoms with Crippen LogP contribution in [0.4, 0.5) is 0 Å². The number of hydrogen-bond donors (Lipinski definition) is 1. The second-order valence-electron chi connectivity index (χ2n) is 7.31. The maximum atomic E-state index is 12.2. The van der Waals surface area contributed by atoms with Crippen molar-refractivity contribution in [3.8, 4) is 0 Å². The second-order valence-corrected chi connectivity index (χ2v) is 8.08. The Bertz CT molecular complexity index is 586. The standard InChI is InChI=1S/C19H32N4O2S/c1-13(2)11-23-8-9-25-16(12-23)10-20-18(24)7-6-17-14(3)21-19(26-5)22-15(17)4/h13,16H,6-12H2,1-5H3,(H,20,24). The number of carbonyl (C=O) groups is 1. The lowest BCUT2D eigenvalue weighted by Gasteiger charge is -2.33. The molecular formula is C19H32N4O2S. The van der Waals surface area contributed by atoms with Crippen molar-refractivity contribution in [3.63, 3.8) is 0 Å². The van der Waals surface area contributed by atoms with Gasteiger partial charge in [0.05, 0.1) is 12.7 Å². The molecule has 1 amide bonds. The summed E-state index contributed by atoms with van der Waals surface area (Å²) in [4.78, 5) is 23.6. The summed E-state index contributed by atoms with van der Waals surface area (Å²) in [6.45, 7) is 12.7. The molecule has 1 fully saturated rings. The summed E-state index contributed by atoms with van der Waals surface area (Å²) in [5, 5.41) is 3.81. The fraction of sp³-hybridized carbons (Fsp3) is 0.737. The van der Waals surface area contributed by atoms with Crippen LogP contribution in [0, 0.1) is 19.8 Å². The summed E-state index contributed by atoms with van der Waals surface area (Å²) in [7, 11) is 0. The van der Waals surface area contributed by atoms with Crippen LogP contribution in [-0.2, 0) is 16.0 Å². The summed E-state index contributed by atoms with van der Waals surface area (Å²) >= 11 is 1.54. The van der Waals surface area contributed by atoms with Crippen LogP contribution >= 0.6 is 11.8 Å². The summed E-state index contributed by atoms with van der Waals surface area (Å²) in [6.07, 6.45) is 3.17. The molecule has 1 N–H and O–H groups in total. The van der Waals surface area contributed by atoms with Crippen LogP contribution in [0.1, 0.15) is 37.2 Å². The van der Waals surface area contributed by atoms with E-state index in [4.69, 9.17) is 4.74 Å². The number of hydrogen-bond acceptors (Lipinski definition) is 6. The molecule has 1 aliphatic rings. The lowest BCUT2D eigenvalue weighted by Crippen LogP contribution is -2.48. The third-order valence-corrected chi connectivity index (χ3v) is 5.11. The second kappa shape index (κ2) is 10.2. The molecule has 0 bridgehead atoms. The van der Waals surface area contributed by atoms with Crippen LogP contribution in [0.3, 0.4) is 0 Å². The van der Waals surface area contributed by atoms with Crippen LogP contribution in [0.15, 0.2) is 5.16 Å². The summed E-state index contributed by atoms with van der Waals surface area (Å²) in [5.41, 5.74) is 3.01. The molecule has 2 heterocycles. The quantitative estimate of drug-likeness (QED) is 0.551. The first kappa shape index (κ1) is 21.1. The molecular weight excluding hydrogens is 348 g/mol. The molecule has 26 heavy (non-hydrogen) atoms. The van der Waals surface area contributed by atoms with Gasteiger partial charge in [0.15, 0.2) is 5.16 Å². The van der Waals surface area contributed by atoms with Gasteiger partial charge in [0.2, 0.25) is 5.91 Å². The first-order valence-electron chi connectivity index (χ1n) is 9.37. The van der Waals surface area contributed by atoms with Crippen molar-refractivity contribution in [1.82, 2.24) is 20.2 Å². The number of amides is 1. The van der Waals surface area contributed by atoms with Crippen molar-refractivity contribution in [2.24, 2.45) is 5.92 Å². The first-order valence-corrected chi connectivity index (χ1v) is 10.6. The van der Waals surface area contributed by atoms with Gasteiger partial charge in [-0.25, -0.2) is 9.97 Å². The zero-order chi connectivity index (χ0) is 19.1. The Kier molecular flexibility index (Phi) is 8.31. The predicted octanol–water partition coefficient (Wildman–Crippen LogP) is 2.22. The van der Waals surface area contributed by atoms with E-state index < -0.39 is 0 Å². The van der Waals surface area contributed by atoms with E-state index in [1.54, 1.807) is 0 Å². The minimum atomic E-state index is 0.0577.